The molecule has 2 rings (SSSR count). The molecule has 1 heterocycles. The summed E-state index contributed by atoms with van der Waals surface area (Å²) in [6.45, 7) is 22.5. The summed E-state index contributed by atoms with van der Waals surface area (Å²) in [5.74, 6) is 0.133. The highest BCUT2D eigenvalue weighted by molar-refractivity contribution is 7.99. The third-order valence-corrected chi connectivity index (χ3v) is 17.0. The average molecular weight is 483 g/mol. The van der Waals surface area contributed by atoms with Crippen LogP contribution < -0.4 is 0 Å². The summed E-state index contributed by atoms with van der Waals surface area (Å²) in [6.07, 6.45) is -0.584. The minimum atomic E-state index is -2.14. The van der Waals surface area contributed by atoms with E-state index in [1.54, 1.807) is 11.8 Å². The van der Waals surface area contributed by atoms with Crippen LogP contribution in [0.5, 0.6) is 0 Å². The molecule has 1 aliphatic heterocycles. The van der Waals surface area contributed by atoms with Crippen molar-refractivity contribution in [3.63, 3.8) is 0 Å². The Bertz CT molecular complexity index is 738. The molecular formula is C24H42O4SSi2. The first kappa shape index (κ1) is 26.8. The molecular weight excluding hydrogens is 440 g/mol. The van der Waals surface area contributed by atoms with E-state index in [1.807, 2.05) is 18.2 Å². The number of carbonyl (C=O) groups excluding carboxylic acids is 1. The molecule has 0 amide bonds. The van der Waals surface area contributed by atoms with Gasteiger partial charge in [-0.3, -0.25) is 4.79 Å². The summed E-state index contributed by atoms with van der Waals surface area (Å²) in [6, 6.07) is 10.1. The van der Waals surface area contributed by atoms with Gasteiger partial charge in [0.05, 0.1) is 6.61 Å². The predicted octanol–water partition coefficient (Wildman–Crippen LogP) is 6.88. The number of hydrogen-bond donors (Lipinski definition) is 0. The van der Waals surface area contributed by atoms with Crippen LogP contribution in [-0.4, -0.2) is 46.7 Å². The molecule has 1 aliphatic rings. The monoisotopic (exact) mass is 482 g/mol. The molecule has 0 unspecified atom stereocenters. The highest BCUT2D eigenvalue weighted by Gasteiger charge is 2.47. The van der Waals surface area contributed by atoms with Crippen molar-refractivity contribution in [1.29, 1.82) is 0 Å². The first-order chi connectivity index (χ1) is 14.0. The zero-order chi connectivity index (χ0) is 23.7. The SMILES string of the molecule is CC(C)(C)[Si](C)(C)OC[C@H]1O[C@H](Sc2ccccc2)CC(=O)[C@@H]1O[Si](C)(C)C(C)(C)C. The minimum Gasteiger partial charge on any atom is -0.414 e. The third kappa shape index (κ3) is 7.02. The first-order valence-corrected chi connectivity index (χ1v) is 17.9. The highest BCUT2D eigenvalue weighted by Crippen LogP contribution is 2.41. The van der Waals surface area contributed by atoms with Gasteiger partial charge in [-0.15, -0.1) is 0 Å². The molecule has 0 radical (unpaired) electrons. The van der Waals surface area contributed by atoms with Crippen LogP contribution in [0.3, 0.4) is 0 Å². The largest absolute Gasteiger partial charge is 0.414 e. The molecule has 0 saturated carbocycles. The Hall–Kier alpha value is -0.446. The van der Waals surface area contributed by atoms with Crippen LogP contribution >= 0.6 is 11.8 Å². The zero-order valence-electron chi connectivity index (χ0n) is 21.1. The van der Waals surface area contributed by atoms with Gasteiger partial charge >= 0.3 is 0 Å². The van der Waals surface area contributed by atoms with Crippen molar-refractivity contribution in [2.75, 3.05) is 6.61 Å². The Morgan fingerprint density at radius 3 is 2.03 bits per heavy atom. The van der Waals surface area contributed by atoms with Gasteiger partial charge in [-0.05, 0) is 48.4 Å². The van der Waals surface area contributed by atoms with Crippen molar-refractivity contribution >= 4 is 34.2 Å². The second kappa shape index (κ2) is 9.81. The molecule has 0 bridgehead atoms. The zero-order valence-corrected chi connectivity index (χ0v) is 23.9. The average Bonchev–Trinajstić information content (AvgIpc) is 2.61. The highest BCUT2D eigenvalue weighted by atomic mass is 32.2. The van der Waals surface area contributed by atoms with Crippen LogP contribution in [0.1, 0.15) is 48.0 Å². The van der Waals surface area contributed by atoms with E-state index in [-0.39, 0.29) is 27.4 Å². The van der Waals surface area contributed by atoms with Crippen molar-refractivity contribution in [1.82, 2.24) is 0 Å². The van der Waals surface area contributed by atoms with Crippen LogP contribution in [-0.2, 0) is 18.4 Å². The van der Waals surface area contributed by atoms with E-state index >= 15 is 0 Å². The van der Waals surface area contributed by atoms with Gasteiger partial charge in [0.1, 0.15) is 17.6 Å². The van der Waals surface area contributed by atoms with Crippen molar-refractivity contribution in [3.8, 4) is 0 Å². The Labute approximate surface area is 196 Å². The lowest BCUT2D eigenvalue weighted by Gasteiger charge is -2.44. The van der Waals surface area contributed by atoms with Gasteiger partial charge in [0.15, 0.2) is 22.4 Å². The normalized spacial score (nSPS) is 23.8. The van der Waals surface area contributed by atoms with Crippen LogP contribution in [0.15, 0.2) is 35.2 Å². The second-order valence-electron chi connectivity index (χ2n) is 11.6. The molecule has 31 heavy (non-hydrogen) atoms. The standard InChI is InChI=1S/C24H42O4SSi2/c1-23(2,3)30(7,8)26-17-20-22(28-31(9,10)24(4,5)6)19(25)16-21(27-20)29-18-14-12-11-13-15-18/h11-15,20-22H,16-17H2,1-10H3/t20-,21-,22+/m1/s1. The summed E-state index contributed by atoms with van der Waals surface area (Å²) in [7, 11) is -4.11. The smallest absolute Gasteiger partial charge is 0.193 e. The van der Waals surface area contributed by atoms with Crippen molar-refractivity contribution in [2.45, 2.75) is 107 Å². The molecule has 176 valence electrons. The molecule has 4 nitrogen and oxygen atoms in total. The maximum absolute atomic E-state index is 13.3. The number of hydrogen-bond acceptors (Lipinski definition) is 5. The van der Waals surface area contributed by atoms with Gasteiger partial charge in [0.2, 0.25) is 0 Å². The molecule has 1 fully saturated rings. The Balaban J connectivity index is 2.23. The van der Waals surface area contributed by atoms with E-state index in [4.69, 9.17) is 13.6 Å². The molecule has 1 aromatic rings. The van der Waals surface area contributed by atoms with Crippen molar-refractivity contribution < 1.29 is 18.4 Å². The van der Waals surface area contributed by atoms with Crippen LogP contribution in [0, 0.1) is 0 Å². The van der Waals surface area contributed by atoms with Gasteiger partial charge in [-0.25, -0.2) is 0 Å². The maximum Gasteiger partial charge on any atom is 0.193 e. The van der Waals surface area contributed by atoms with E-state index in [0.717, 1.165) is 4.90 Å². The number of carbonyl (C=O) groups is 1. The van der Waals surface area contributed by atoms with Gasteiger partial charge in [-0.2, -0.15) is 0 Å². The summed E-state index contributed by atoms with van der Waals surface area (Å²) in [5, 5.41) is 0.118. The Morgan fingerprint density at radius 2 is 1.52 bits per heavy atom. The number of Topliss-reactive ketones (excluding diaryl/α,β-unsaturated/α-hetero) is 1. The number of benzene rings is 1. The molecule has 3 atom stereocenters. The topological polar surface area (TPSA) is 44.8 Å². The van der Waals surface area contributed by atoms with Crippen LogP contribution in [0.2, 0.25) is 36.3 Å². The number of thioether (sulfide) groups is 1. The molecule has 7 heteroatoms. The van der Waals surface area contributed by atoms with E-state index in [2.05, 4.69) is 79.9 Å². The summed E-state index contributed by atoms with van der Waals surface area (Å²) >= 11 is 1.61. The van der Waals surface area contributed by atoms with Gasteiger partial charge < -0.3 is 13.6 Å². The molecule has 0 spiro atoms. The third-order valence-electron chi connectivity index (χ3n) is 7.00. The summed E-state index contributed by atoms with van der Waals surface area (Å²) in [5.41, 5.74) is -0.220. The molecule has 1 aromatic carbocycles. The van der Waals surface area contributed by atoms with Crippen LogP contribution in [0.4, 0.5) is 0 Å². The molecule has 1 saturated heterocycles. The molecule has 0 aliphatic carbocycles. The van der Waals surface area contributed by atoms with Gasteiger partial charge in [0, 0.05) is 11.3 Å². The van der Waals surface area contributed by atoms with E-state index in [1.165, 1.54) is 0 Å². The van der Waals surface area contributed by atoms with E-state index < -0.39 is 22.7 Å². The second-order valence-corrected chi connectivity index (χ2v) is 22.4. The Kier molecular flexibility index (Phi) is 8.48. The van der Waals surface area contributed by atoms with Gasteiger partial charge in [0.25, 0.3) is 0 Å². The van der Waals surface area contributed by atoms with Gasteiger partial charge in [-0.1, -0.05) is 71.5 Å². The predicted molar refractivity (Wildman–Crippen MR) is 136 cm³/mol. The lowest BCUT2D eigenvalue weighted by molar-refractivity contribution is -0.151. The molecule has 0 aromatic heterocycles. The molecule has 0 N–H and O–H groups in total. The summed E-state index contributed by atoms with van der Waals surface area (Å²) < 4.78 is 19.6. The quantitative estimate of drug-likeness (QED) is 0.397. The van der Waals surface area contributed by atoms with Crippen molar-refractivity contribution in [2.24, 2.45) is 0 Å². The fourth-order valence-corrected chi connectivity index (χ4v) is 6.14. The lowest BCUT2D eigenvalue weighted by atomic mass is 10.0. The van der Waals surface area contributed by atoms with Crippen molar-refractivity contribution in [3.05, 3.63) is 30.3 Å². The van der Waals surface area contributed by atoms with E-state index in [9.17, 15) is 4.79 Å². The number of ketones is 1. The first-order valence-electron chi connectivity index (χ1n) is 11.3. The lowest BCUT2D eigenvalue weighted by Crippen LogP contribution is -2.56. The fourth-order valence-electron chi connectivity index (χ4n) is 2.79. The van der Waals surface area contributed by atoms with Crippen LogP contribution in [0.25, 0.3) is 0 Å². The minimum absolute atomic E-state index is 0.0216. The number of ether oxygens (including phenoxy) is 1. The Morgan fingerprint density at radius 1 is 0.968 bits per heavy atom. The number of rotatable bonds is 7. The summed E-state index contributed by atoms with van der Waals surface area (Å²) in [4.78, 5) is 14.4. The van der Waals surface area contributed by atoms with E-state index in [0.29, 0.717) is 13.0 Å². The maximum atomic E-state index is 13.3. The fraction of sp³-hybridized carbons (Fsp3) is 0.708.